The number of ether oxygens (including phenoxy) is 2. The molecule has 0 bridgehead atoms. The standard InChI is InChI=1S/C15H18ClNO5/c1-15(8-21-2,7-13(18)19)17-14(20)12-6-9-5-10(16)3-4-11(9)22-12/h3-5,12H,6-8H2,1-2H3,(H,17,20)(H,18,19). The second-order valence-electron chi connectivity index (χ2n) is 5.62. The van der Waals surface area contributed by atoms with Gasteiger partial charge in [-0.25, -0.2) is 0 Å². The Bertz CT molecular complexity index is 591. The number of halogens is 1. The summed E-state index contributed by atoms with van der Waals surface area (Å²) < 4.78 is 10.6. The largest absolute Gasteiger partial charge is 0.481 e. The molecule has 1 aliphatic heterocycles. The van der Waals surface area contributed by atoms with E-state index in [9.17, 15) is 9.59 Å². The summed E-state index contributed by atoms with van der Waals surface area (Å²) in [5.74, 6) is -0.758. The van der Waals surface area contributed by atoms with Crippen LogP contribution in [0.2, 0.25) is 5.02 Å². The Morgan fingerprint density at radius 2 is 2.27 bits per heavy atom. The quantitative estimate of drug-likeness (QED) is 0.829. The zero-order valence-corrected chi connectivity index (χ0v) is 13.1. The highest BCUT2D eigenvalue weighted by molar-refractivity contribution is 6.30. The fraction of sp³-hybridized carbons (Fsp3) is 0.467. The molecule has 2 N–H and O–H groups in total. The van der Waals surface area contributed by atoms with Gasteiger partial charge in [0.1, 0.15) is 5.75 Å². The van der Waals surface area contributed by atoms with Gasteiger partial charge in [0.25, 0.3) is 5.91 Å². The van der Waals surface area contributed by atoms with E-state index in [-0.39, 0.29) is 18.9 Å². The molecule has 0 aliphatic carbocycles. The van der Waals surface area contributed by atoms with Crippen LogP contribution in [-0.2, 0) is 20.7 Å². The number of fused-ring (bicyclic) bond motifs is 1. The summed E-state index contributed by atoms with van der Waals surface area (Å²) in [7, 11) is 1.45. The maximum atomic E-state index is 12.4. The lowest BCUT2D eigenvalue weighted by atomic mass is 9.98. The average Bonchev–Trinajstić information content (AvgIpc) is 2.80. The molecule has 1 amide bonds. The van der Waals surface area contributed by atoms with Gasteiger partial charge in [-0.15, -0.1) is 0 Å². The summed E-state index contributed by atoms with van der Waals surface area (Å²) in [6.45, 7) is 1.72. The van der Waals surface area contributed by atoms with Crippen LogP contribution in [0.1, 0.15) is 18.9 Å². The van der Waals surface area contributed by atoms with Gasteiger partial charge < -0.3 is 19.9 Å². The molecular weight excluding hydrogens is 310 g/mol. The lowest BCUT2D eigenvalue weighted by molar-refractivity contribution is -0.140. The number of amides is 1. The molecule has 1 heterocycles. The first kappa shape index (κ1) is 16.6. The first-order chi connectivity index (χ1) is 10.3. The topological polar surface area (TPSA) is 84.9 Å². The van der Waals surface area contributed by atoms with Crippen LogP contribution in [0.3, 0.4) is 0 Å². The van der Waals surface area contributed by atoms with Crippen molar-refractivity contribution < 1.29 is 24.2 Å². The molecule has 0 fully saturated rings. The second-order valence-corrected chi connectivity index (χ2v) is 6.05. The number of hydrogen-bond acceptors (Lipinski definition) is 4. The average molecular weight is 328 g/mol. The Labute approximate surface area is 133 Å². The van der Waals surface area contributed by atoms with E-state index in [0.29, 0.717) is 17.2 Å². The van der Waals surface area contributed by atoms with Crippen LogP contribution in [0, 0.1) is 0 Å². The third-order valence-electron chi connectivity index (χ3n) is 3.42. The summed E-state index contributed by atoms with van der Waals surface area (Å²) in [6, 6.07) is 5.17. The summed E-state index contributed by atoms with van der Waals surface area (Å²) in [5, 5.41) is 12.3. The van der Waals surface area contributed by atoms with Gasteiger partial charge >= 0.3 is 5.97 Å². The first-order valence-electron chi connectivity index (χ1n) is 6.81. The Morgan fingerprint density at radius 1 is 1.55 bits per heavy atom. The number of nitrogens with one attached hydrogen (secondary N) is 1. The molecule has 22 heavy (non-hydrogen) atoms. The van der Waals surface area contributed by atoms with Gasteiger partial charge in [-0.2, -0.15) is 0 Å². The molecule has 1 aliphatic rings. The van der Waals surface area contributed by atoms with Crippen molar-refractivity contribution in [2.45, 2.75) is 31.4 Å². The lowest BCUT2D eigenvalue weighted by Gasteiger charge is -2.29. The molecule has 1 aromatic carbocycles. The zero-order valence-electron chi connectivity index (χ0n) is 12.4. The summed E-state index contributed by atoms with van der Waals surface area (Å²) in [4.78, 5) is 23.3. The smallest absolute Gasteiger partial charge is 0.305 e. The molecule has 0 spiro atoms. The molecule has 1 aromatic rings. The number of hydrogen-bond donors (Lipinski definition) is 2. The SMILES string of the molecule is COCC(C)(CC(=O)O)NC(=O)C1Cc2cc(Cl)ccc2O1. The van der Waals surface area contributed by atoms with Crippen molar-refractivity contribution in [3.05, 3.63) is 28.8 Å². The van der Waals surface area contributed by atoms with Crippen LogP contribution in [0.25, 0.3) is 0 Å². The summed E-state index contributed by atoms with van der Waals surface area (Å²) in [6.07, 6.45) is -0.533. The van der Waals surface area contributed by atoms with Crippen molar-refractivity contribution in [2.24, 2.45) is 0 Å². The van der Waals surface area contributed by atoms with Crippen molar-refractivity contribution in [3.63, 3.8) is 0 Å². The minimum atomic E-state index is -1.01. The van der Waals surface area contributed by atoms with E-state index in [0.717, 1.165) is 5.56 Å². The lowest BCUT2D eigenvalue weighted by Crippen LogP contribution is -2.54. The van der Waals surface area contributed by atoms with Gasteiger partial charge in [-0.05, 0) is 30.7 Å². The van der Waals surface area contributed by atoms with Crippen molar-refractivity contribution >= 4 is 23.5 Å². The van der Waals surface area contributed by atoms with E-state index in [1.165, 1.54) is 7.11 Å². The first-order valence-corrected chi connectivity index (χ1v) is 7.18. The number of aliphatic carboxylic acids is 1. The fourth-order valence-corrected chi connectivity index (χ4v) is 2.72. The van der Waals surface area contributed by atoms with Crippen LogP contribution in [-0.4, -0.2) is 42.3 Å². The number of carbonyl (C=O) groups is 2. The highest BCUT2D eigenvalue weighted by Gasteiger charge is 2.35. The highest BCUT2D eigenvalue weighted by Crippen LogP contribution is 2.31. The predicted octanol–water partition coefficient (Wildman–Crippen LogP) is 1.64. The van der Waals surface area contributed by atoms with Gasteiger partial charge in [0, 0.05) is 18.6 Å². The van der Waals surface area contributed by atoms with E-state index in [2.05, 4.69) is 5.32 Å². The molecule has 0 aromatic heterocycles. The molecular formula is C15H18ClNO5. The van der Waals surface area contributed by atoms with E-state index < -0.39 is 17.6 Å². The number of carboxylic acid groups (broad SMARTS) is 1. The van der Waals surface area contributed by atoms with Crippen molar-refractivity contribution in [3.8, 4) is 5.75 Å². The van der Waals surface area contributed by atoms with Gasteiger partial charge in [-0.1, -0.05) is 11.6 Å². The summed E-state index contributed by atoms with van der Waals surface area (Å²) >= 11 is 5.92. The third kappa shape index (κ3) is 3.90. The molecule has 2 rings (SSSR count). The molecule has 2 unspecified atom stereocenters. The number of rotatable bonds is 6. The Morgan fingerprint density at radius 3 is 2.91 bits per heavy atom. The van der Waals surface area contributed by atoms with E-state index in [1.54, 1.807) is 25.1 Å². The summed E-state index contributed by atoms with van der Waals surface area (Å²) in [5.41, 5.74) is -0.132. The Balaban J connectivity index is 2.05. The van der Waals surface area contributed by atoms with E-state index in [1.807, 2.05) is 0 Å². The molecule has 7 heteroatoms. The Hall–Kier alpha value is -1.79. The van der Waals surface area contributed by atoms with Crippen molar-refractivity contribution in [2.75, 3.05) is 13.7 Å². The van der Waals surface area contributed by atoms with Gasteiger partial charge in [0.05, 0.1) is 18.6 Å². The van der Waals surface area contributed by atoms with Gasteiger partial charge in [-0.3, -0.25) is 9.59 Å². The normalized spacial score (nSPS) is 19.0. The highest BCUT2D eigenvalue weighted by atomic mass is 35.5. The maximum Gasteiger partial charge on any atom is 0.305 e. The van der Waals surface area contributed by atoms with Crippen LogP contribution in [0.15, 0.2) is 18.2 Å². The van der Waals surface area contributed by atoms with Gasteiger partial charge in [0.15, 0.2) is 6.10 Å². The van der Waals surface area contributed by atoms with E-state index in [4.69, 9.17) is 26.2 Å². The molecule has 2 atom stereocenters. The number of carbonyl (C=O) groups excluding carboxylic acids is 1. The molecule has 0 saturated heterocycles. The molecule has 6 nitrogen and oxygen atoms in total. The monoisotopic (exact) mass is 327 g/mol. The second kappa shape index (κ2) is 6.54. The molecule has 0 saturated carbocycles. The van der Waals surface area contributed by atoms with Crippen molar-refractivity contribution in [1.29, 1.82) is 0 Å². The number of benzene rings is 1. The Kier molecular flexibility index (Phi) is 4.93. The van der Waals surface area contributed by atoms with E-state index >= 15 is 0 Å². The van der Waals surface area contributed by atoms with Crippen LogP contribution < -0.4 is 10.1 Å². The molecule has 0 radical (unpaired) electrons. The maximum absolute atomic E-state index is 12.4. The predicted molar refractivity (Wildman–Crippen MR) is 80.2 cm³/mol. The van der Waals surface area contributed by atoms with Crippen molar-refractivity contribution in [1.82, 2.24) is 5.32 Å². The molecule has 120 valence electrons. The van der Waals surface area contributed by atoms with Crippen LogP contribution in [0.4, 0.5) is 0 Å². The minimum absolute atomic E-state index is 0.0938. The third-order valence-corrected chi connectivity index (χ3v) is 3.65. The zero-order chi connectivity index (χ0) is 16.3. The number of carboxylic acids is 1. The van der Waals surface area contributed by atoms with Crippen LogP contribution >= 0.6 is 11.6 Å². The van der Waals surface area contributed by atoms with Gasteiger partial charge in [0.2, 0.25) is 0 Å². The fourth-order valence-electron chi connectivity index (χ4n) is 2.52. The minimum Gasteiger partial charge on any atom is -0.481 e. The van der Waals surface area contributed by atoms with Crippen LogP contribution in [0.5, 0.6) is 5.75 Å². The number of methoxy groups -OCH3 is 1.